The van der Waals surface area contributed by atoms with Crippen molar-refractivity contribution in [3.8, 4) is 0 Å². The van der Waals surface area contributed by atoms with Crippen LogP contribution in [0.5, 0.6) is 0 Å². The number of ether oxygens (including phenoxy) is 2. The fourth-order valence-corrected chi connectivity index (χ4v) is 4.01. The van der Waals surface area contributed by atoms with Gasteiger partial charge < -0.3 is 14.8 Å². The van der Waals surface area contributed by atoms with E-state index in [4.69, 9.17) is 9.47 Å². The highest BCUT2D eigenvalue weighted by Gasteiger charge is 2.41. The molecule has 0 bridgehead atoms. The predicted molar refractivity (Wildman–Crippen MR) is 82.3 cm³/mol. The van der Waals surface area contributed by atoms with Crippen LogP contribution in [0.1, 0.15) is 43.4 Å². The molecule has 1 unspecified atom stereocenters. The molecule has 1 N–H and O–H groups in total. The predicted octanol–water partition coefficient (Wildman–Crippen LogP) is 2.87. The summed E-state index contributed by atoms with van der Waals surface area (Å²) in [5, 5.41) is 5.24. The van der Waals surface area contributed by atoms with Gasteiger partial charge in [-0.05, 0) is 37.1 Å². The lowest BCUT2D eigenvalue weighted by Crippen LogP contribution is -2.46. The van der Waals surface area contributed by atoms with Crippen LogP contribution < -0.4 is 5.32 Å². The molecule has 1 atom stereocenters. The lowest BCUT2D eigenvalue weighted by molar-refractivity contribution is -0.182. The van der Waals surface area contributed by atoms with Gasteiger partial charge in [-0.25, -0.2) is 0 Å². The summed E-state index contributed by atoms with van der Waals surface area (Å²) in [4.78, 5) is 13.4. The Morgan fingerprint density at radius 2 is 2.29 bits per heavy atom. The van der Waals surface area contributed by atoms with Gasteiger partial charge in [-0.1, -0.05) is 6.07 Å². The molecule has 2 fully saturated rings. The average Bonchev–Trinajstić information content (AvgIpc) is 3.11. The van der Waals surface area contributed by atoms with Gasteiger partial charge >= 0.3 is 0 Å². The first-order chi connectivity index (χ1) is 10.3. The topological polar surface area (TPSA) is 47.6 Å². The Labute approximate surface area is 129 Å². The summed E-state index contributed by atoms with van der Waals surface area (Å²) in [5.74, 6) is -0.251. The summed E-state index contributed by atoms with van der Waals surface area (Å²) in [6.07, 6.45) is 6.35. The Balaban J connectivity index is 1.40. The van der Waals surface area contributed by atoms with Crippen molar-refractivity contribution in [3.05, 3.63) is 22.4 Å². The van der Waals surface area contributed by atoms with Crippen LogP contribution in [0.2, 0.25) is 0 Å². The van der Waals surface area contributed by atoms with Crippen molar-refractivity contribution in [1.29, 1.82) is 0 Å². The molecule has 1 saturated heterocycles. The normalized spacial score (nSPS) is 24.3. The number of aryl methyl sites for hydroxylation is 1. The molecule has 1 spiro atoms. The Morgan fingerprint density at radius 3 is 3.05 bits per heavy atom. The van der Waals surface area contributed by atoms with E-state index in [2.05, 4.69) is 22.8 Å². The van der Waals surface area contributed by atoms with Gasteiger partial charge in [-0.3, -0.25) is 4.79 Å². The molecule has 0 radical (unpaired) electrons. The largest absolute Gasteiger partial charge is 0.353 e. The van der Waals surface area contributed by atoms with E-state index in [0.29, 0.717) is 19.6 Å². The number of carbonyl (C=O) groups excluding carboxylic acids is 1. The molecule has 116 valence electrons. The van der Waals surface area contributed by atoms with Gasteiger partial charge in [0.25, 0.3) is 0 Å². The van der Waals surface area contributed by atoms with Gasteiger partial charge in [0.2, 0.25) is 5.91 Å². The fraction of sp³-hybridized carbons (Fsp3) is 0.688. The second kappa shape index (κ2) is 6.90. The third-order valence-corrected chi connectivity index (χ3v) is 5.19. The fourth-order valence-electron chi connectivity index (χ4n) is 3.26. The molecule has 3 rings (SSSR count). The minimum atomic E-state index is -0.410. The van der Waals surface area contributed by atoms with E-state index in [-0.39, 0.29) is 11.9 Å². The van der Waals surface area contributed by atoms with Gasteiger partial charge in [-0.15, -0.1) is 11.3 Å². The van der Waals surface area contributed by atoms with Crippen LogP contribution in [0, 0.1) is 0 Å². The second-order valence-corrected chi connectivity index (χ2v) is 6.93. The molecule has 1 aromatic rings. The third-order valence-electron chi connectivity index (χ3n) is 4.25. The number of amides is 1. The molecule has 1 aliphatic heterocycles. The van der Waals surface area contributed by atoms with Crippen molar-refractivity contribution in [1.82, 2.24) is 5.32 Å². The SMILES string of the molecule is O=C(CCCc1cccs1)NC1CCCC2(C1)OCCO2. The standard InChI is InChI=1S/C16H23NO3S/c18-15(7-1-5-14-6-3-11-21-14)17-13-4-2-8-16(12-13)19-9-10-20-16/h3,6,11,13H,1-2,4-5,7-10,12H2,(H,17,18). The van der Waals surface area contributed by atoms with Gasteiger partial charge in [-0.2, -0.15) is 0 Å². The summed E-state index contributed by atoms with van der Waals surface area (Å²) in [6, 6.07) is 4.39. The van der Waals surface area contributed by atoms with Crippen molar-refractivity contribution in [2.45, 2.75) is 56.8 Å². The zero-order valence-corrected chi connectivity index (χ0v) is 13.1. The molecule has 1 saturated carbocycles. The molecular formula is C16H23NO3S. The van der Waals surface area contributed by atoms with Crippen LogP contribution in [0.4, 0.5) is 0 Å². The number of rotatable bonds is 5. The van der Waals surface area contributed by atoms with E-state index < -0.39 is 5.79 Å². The first kappa shape index (κ1) is 15.0. The van der Waals surface area contributed by atoms with E-state index in [0.717, 1.165) is 38.5 Å². The molecular weight excluding hydrogens is 286 g/mol. The Kier molecular flexibility index (Phi) is 4.93. The average molecular weight is 309 g/mol. The summed E-state index contributed by atoms with van der Waals surface area (Å²) < 4.78 is 11.5. The van der Waals surface area contributed by atoms with E-state index in [9.17, 15) is 4.79 Å². The Morgan fingerprint density at radius 1 is 1.43 bits per heavy atom. The zero-order valence-electron chi connectivity index (χ0n) is 12.3. The highest BCUT2D eigenvalue weighted by molar-refractivity contribution is 7.09. The molecule has 2 heterocycles. The smallest absolute Gasteiger partial charge is 0.220 e. The maximum absolute atomic E-state index is 12.1. The molecule has 1 aromatic heterocycles. The van der Waals surface area contributed by atoms with Gasteiger partial charge in [0.15, 0.2) is 5.79 Å². The maximum atomic E-state index is 12.1. The van der Waals surface area contributed by atoms with Crippen molar-refractivity contribution in [3.63, 3.8) is 0 Å². The molecule has 0 aromatic carbocycles. The van der Waals surface area contributed by atoms with E-state index in [1.807, 2.05) is 0 Å². The van der Waals surface area contributed by atoms with Crippen LogP contribution in [0.3, 0.4) is 0 Å². The lowest BCUT2D eigenvalue weighted by atomic mass is 9.89. The lowest BCUT2D eigenvalue weighted by Gasteiger charge is -2.36. The quantitative estimate of drug-likeness (QED) is 0.910. The summed E-state index contributed by atoms with van der Waals surface area (Å²) >= 11 is 1.76. The first-order valence-corrected chi connectivity index (χ1v) is 8.73. The van der Waals surface area contributed by atoms with Crippen molar-refractivity contribution in [2.75, 3.05) is 13.2 Å². The van der Waals surface area contributed by atoms with Crippen LogP contribution in [0.25, 0.3) is 0 Å². The molecule has 2 aliphatic rings. The maximum Gasteiger partial charge on any atom is 0.220 e. The molecule has 1 aliphatic carbocycles. The van der Waals surface area contributed by atoms with Crippen LogP contribution in [-0.4, -0.2) is 30.9 Å². The van der Waals surface area contributed by atoms with Crippen LogP contribution in [0.15, 0.2) is 17.5 Å². The molecule has 21 heavy (non-hydrogen) atoms. The Bertz CT molecular complexity index is 454. The summed E-state index contributed by atoms with van der Waals surface area (Å²) in [5.41, 5.74) is 0. The number of thiophene rings is 1. The van der Waals surface area contributed by atoms with Gasteiger partial charge in [0.05, 0.1) is 13.2 Å². The third kappa shape index (κ3) is 4.05. The van der Waals surface area contributed by atoms with Crippen LogP contribution >= 0.6 is 11.3 Å². The van der Waals surface area contributed by atoms with Crippen LogP contribution in [-0.2, 0) is 20.7 Å². The van der Waals surface area contributed by atoms with E-state index >= 15 is 0 Å². The Hall–Kier alpha value is -0.910. The molecule has 5 heteroatoms. The van der Waals surface area contributed by atoms with Crippen molar-refractivity contribution in [2.24, 2.45) is 0 Å². The minimum absolute atomic E-state index is 0.159. The second-order valence-electron chi connectivity index (χ2n) is 5.90. The van der Waals surface area contributed by atoms with Gasteiger partial charge in [0, 0.05) is 30.2 Å². The first-order valence-electron chi connectivity index (χ1n) is 7.85. The highest BCUT2D eigenvalue weighted by Crippen LogP contribution is 2.35. The van der Waals surface area contributed by atoms with Crippen molar-refractivity contribution >= 4 is 17.2 Å². The number of nitrogens with one attached hydrogen (secondary N) is 1. The van der Waals surface area contributed by atoms with E-state index in [1.165, 1.54) is 4.88 Å². The minimum Gasteiger partial charge on any atom is -0.353 e. The number of carbonyl (C=O) groups is 1. The molecule has 1 amide bonds. The molecule has 4 nitrogen and oxygen atoms in total. The van der Waals surface area contributed by atoms with E-state index in [1.54, 1.807) is 11.3 Å². The number of hydrogen-bond donors (Lipinski definition) is 1. The summed E-state index contributed by atoms with van der Waals surface area (Å²) in [7, 11) is 0. The summed E-state index contributed by atoms with van der Waals surface area (Å²) in [6.45, 7) is 1.36. The zero-order chi connectivity index (χ0) is 14.5. The highest BCUT2D eigenvalue weighted by atomic mass is 32.1. The van der Waals surface area contributed by atoms with Crippen molar-refractivity contribution < 1.29 is 14.3 Å². The number of hydrogen-bond acceptors (Lipinski definition) is 4. The van der Waals surface area contributed by atoms with Gasteiger partial charge in [0.1, 0.15) is 0 Å². The monoisotopic (exact) mass is 309 g/mol.